The summed E-state index contributed by atoms with van der Waals surface area (Å²) in [5, 5.41) is 2.53. The van der Waals surface area contributed by atoms with Crippen molar-refractivity contribution in [2.75, 3.05) is 20.1 Å². The third-order valence-corrected chi connectivity index (χ3v) is 6.83. The van der Waals surface area contributed by atoms with Gasteiger partial charge < -0.3 is 21.7 Å². The number of nitrogens with zero attached hydrogens (tertiary/aromatic N) is 1. The zero-order valence-corrected chi connectivity index (χ0v) is 16.7. The van der Waals surface area contributed by atoms with Crippen molar-refractivity contribution in [2.45, 2.75) is 63.8 Å². The first-order valence-electron chi connectivity index (χ1n) is 9.91. The molecule has 0 aromatic rings. The number of nitrogens with two attached hydrogens (primary N) is 2. The number of amides is 3. The molecular formula is C19H35ClN4O2. The Balaban J connectivity index is 0.00000243. The van der Waals surface area contributed by atoms with Gasteiger partial charge in [-0.1, -0.05) is 0 Å². The van der Waals surface area contributed by atoms with Crippen molar-refractivity contribution >= 4 is 24.3 Å². The Morgan fingerprint density at radius 3 is 2.19 bits per heavy atom. The van der Waals surface area contributed by atoms with E-state index in [0.29, 0.717) is 24.8 Å². The van der Waals surface area contributed by atoms with Crippen LogP contribution in [-0.4, -0.2) is 43.0 Å². The molecule has 0 unspecified atom stereocenters. The van der Waals surface area contributed by atoms with Gasteiger partial charge in [-0.2, -0.15) is 0 Å². The number of urea groups is 1. The van der Waals surface area contributed by atoms with Crippen molar-refractivity contribution < 1.29 is 9.59 Å². The average Bonchev–Trinajstić information content (AvgIpc) is 2.54. The highest BCUT2D eigenvalue weighted by Crippen LogP contribution is 2.61. The van der Waals surface area contributed by atoms with Crippen LogP contribution in [0.15, 0.2) is 0 Å². The summed E-state index contributed by atoms with van der Waals surface area (Å²) in [6.07, 6.45) is 10.9. The Bertz CT molecular complexity index is 478. The van der Waals surface area contributed by atoms with Crippen molar-refractivity contribution in [2.24, 2.45) is 34.6 Å². The van der Waals surface area contributed by atoms with E-state index in [1.165, 1.54) is 38.5 Å². The molecule has 7 heteroatoms. The maximum Gasteiger partial charge on any atom is 0.312 e. The van der Waals surface area contributed by atoms with Gasteiger partial charge in [-0.05, 0) is 81.0 Å². The monoisotopic (exact) mass is 386 g/mol. The molecule has 6 nitrogen and oxygen atoms in total. The zero-order valence-electron chi connectivity index (χ0n) is 15.9. The molecule has 0 heterocycles. The summed E-state index contributed by atoms with van der Waals surface area (Å²) in [6, 6.07) is -1.02. The van der Waals surface area contributed by atoms with Crippen LogP contribution in [0.5, 0.6) is 0 Å². The summed E-state index contributed by atoms with van der Waals surface area (Å²) in [5.41, 5.74) is 11.6. The molecule has 5 N–H and O–H groups in total. The fourth-order valence-corrected chi connectivity index (χ4v) is 6.05. The number of carbonyl (C=O) groups is 2. The van der Waals surface area contributed by atoms with Crippen LogP contribution in [0, 0.1) is 23.2 Å². The van der Waals surface area contributed by atoms with Crippen molar-refractivity contribution in [1.29, 1.82) is 0 Å². The molecule has 4 saturated carbocycles. The highest BCUT2D eigenvalue weighted by molar-refractivity contribution is 5.85. The van der Waals surface area contributed by atoms with Gasteiger partial charge in [0.25, 0.3) is 0 Å². The molecule has 0 aliphatic heterocycles. The molecule has 3 amide bonds. The lowest BCUT2D eigenvalue weighted by atomic mass is 9.49. The van der Waals surface area contributed by atoms with E-state index in [9.17, 15) is 9.59 Å². The van der Waals surface area contributed by atoms with Crippen LogP contribution in [-0.2, 0) is 4.79 Å². The fourth-order valence-electron chi connectivity index (χ4n) is 6.05. The number of carbonyl (C=O) groups excluding carboxylic acids is 2. The minimum absolute atomic E-state index is 0. The number of halogens is 1. The summed E-state index contributed by atoms with van der Waals surface area (Å²) >= 11 is 0. The van der Waals surface area contributed by atoms with Gasteiger partial charge in [0.15, 0.2) is 0 Å². The Kier molecular flexibility index (Phi) is 7.19. The third kappa shape index (κ3) is 5.03. The Morgan fingerprint density at radius 1 is 1.15 bits per heavy atom. The second-order valence-corrected chi connectivity index (χ2v) is 8.97. The molecule has 4 fully saturated rings. The number of nitrogens with one attached hydrogen (secondary N) is 1. The van der Waals surface area contributed by atoms with Crippen molar-refractivity contribution in [1.82, 2.24) is 10.2 Å². The molecule has 0 saturated heterocycles. The third-order valence-electron chi connectivity index (χ3n) is 6.83. The minimum atomic E-state index is -0.535. The lowest BCUT2D eigenvalue weighted by molar-refractivity contribution is -0.132. The van der Waals surface area contributed by atoms with Crippen LogP contribution in [0.4, 0.5) is 4.79 Å². The molecule has 0 spiro atoms. The minimum Gasteiger partial charge on any atom is -0.352 e. The first-order valence-corrected chi connectivity index (χ1v) is 9.91. The molecule has 4 bridgehead atoms. The van der Waals surface area contributed by atoms with Crippen LogP contribution < -0.4 is 16.8 Å². The average molecular weight is 387 g/mol. The van der Waals surface area contributed by atoms with Crippen LogP contribution >= 0.6 is 12.4 Å². The summed E-state index contributed by atoms with van der Waals surface area (Å²) in [7, 11) is 1.88. The van der Waals surface area contributed by atoms with E-state index in [1.54, 1.807) is 0 Å². The molecule has 4 aliphatic rings. The highest BCUT2D eigenvalue weighted by atomic mass is 35.5. The molecule has 0 aromatic carbocycles. The molecule has 26 heavy (non-hydrogen) atoms. The fraction of sp³-hybridized carbons (Fsp3) is 0.895. The summed E-state index contributed by atoms with van der Waals surface area (Å²) < 4.78 is 0. The molecule has 0 aromatic heterocycles. The van der Waals surface area contributed by atoms with Gasteiger partial charge in [0.05, 0.1) is 6.04 Å². The first-order chi connectivity index (χ1) is 11.9. The highest BCUT2D eigenvalue weighted by Gasteiger charge is 2.50. The number of primary amides is 1. The maximum absolute atomic E-state index is 12.5. The number of hydrogen-bond donors (Lipinski definition) is 3. The molecular weight excluding hydrogens is 352 g/mol. The van der Waals surface area contributed by atoms with Gasteiger partial charge in [0.2, 0.25) is 5.91 Å². The van der Waals surface area contributed by atoms with Gasteiger partial charge >= 0.3 is 6.03 Å². The van der Waals surface area contributed by atoms with Gasteiger partial charge in [-0.3, -0.25) is 4.79 Å². The van der Waals surface area contributed by atoms with Gasteiger partial charge in [0.1, 0.15) is 0 Å². The Morgan fingerprint density at radius 2 is 1.69 bits per heavy atom. The van der Waals surface area contributed by atoms with Crippen molar-refractivity contribution in [3.05, 3.63) is 0 Å². The SMILES string of the molecule is CN(CCC12CC3CC(CC(C3)C1)C2)C(=O)[C@@H](N)CCCNC(N)=O.Cl. The van der Waals surface area contributed by atoms with E-state index in [4.69, 9.17) is 11.5 Å². The number of hydrogen-bond acceptors (Lipinski definition) is 3. The summed E-state index contributed by atoms with van der Waals surface area (Å²) in [4.78, 5) is 24.9. The predicted octanol–water partition coefficient (Wildman–Crippen LogP) is 2.25. The van der Waals surface area contributed by atoms with Gasteiger partial charge in [0, 0.05) is 20.1 Å². The van der Waals surface area contributed by atoms with Crippen LogP contribution in [0.3, 0.4) is 0 Å². The molecule has 4 aliphatic carbocycles. The molecule has 1 atom stereocenters. The second-order valence-electron chi connectivity index (χ2n) is 8.97. The van der Waals surface area contributed by atoms with Crippen LogP contribution in [0.1, 0.15) is 57.8 Å². The quantitative estimate of drug-likeness (QED) is 0.557. The lowest BCUT2D eigenvalue weighted by Crippen LogP contribution is -2.48. The smallest absolute Gasteiger partial charge is 0.312 e. The van der Waals surface area contributed by atoms with Crippen LogP contribution in [0.25, 0.3) is 0 Å². The van der Waals surface area contributed by atoms with E-state index < -0.39 is 12.1 Å². The van der Waals surface area contributed by atoms with Crippen molar-refractivity contribution in [3.8, 4) is 0 Å². The van der Waals surface area contributed by atoms with E-state index in [0.717, 1.165) is 30.7 Å². The zero-order chi connectivity index (χ0) is 18.0. The van der Waals surface area contributed by atoms with E-state index in [2.05, 4.69) is 5.32 Å². The van der Waals surface area contributed by atoms with Gasteiger partial charge in [-0.15, -0.1) is 12.4 Å². The standard InChI is InChI=1S/C19H34N4O2.ClH/c1-23(17(24)16(20)3-2-5-22-18(21)25)6-4-19-10-13-7-14(11-19)9-15(8-13)12-19;/h13-16H,2-12,20H2,1H3,(H3,21,22,25);1H/t13?,14?,15?,16-,19?;/m0./s1. The number of rotatable bonds is 8. The summed E-state index contributed by atoms with van der Waals surface area (Å²) in [5.74, 6) is 2.87. The topological polar surface area (TPSA) is 101 Å². The molecule has 150 valence electrons. The van der Waals surface area contributed by atoms with E-state index >= 15 is 0 Å². The van der Waals surface area contributed by atoms with Gasteiger partial charge in [-0.25, -0.2) is 4.79 Å². The summed E-state index contributed by atoms with van der Waals surface area (Å²) in [6.45, 7) is 1.28. The first kappa shape index (κ1) is 21.3. The van der Waals surface area contributed by atoms with Crippen molar-refractivity contribution in [3.63, 3.8) is 0 Å². The lowest BCUT2D eigenvalue weighted by Gasteiger charge is -2.57. The predicted molar refractivity (Wildman–Crippen MR) is 105 cm³/mol. The molecule has 4 rings (SSSR count). The molecule has 0 radical (unpaired) electrons. The normalized spacial score (nSPS) is 32.6. The number of likely N-dealkylation sites (N-methyl/N-ethyl adjacent to an activating group) is 1. The van der Waals surface area contributed by atoms with E-state index in [1.807, 2.05) is 11.9 Å². The second kappa shape index (κ2) is 8.79. The Labute approximate surface area is 163 Å². The van der Waals surface area contributed by atoms with E-state index in [-0.39, 0.29) is 18.3 Å². The maximum atomic E-state index is 12.5. The van der Waals surface area contributed by atoms with Crippen LogP contribution in [0.2, 0.25) is 0 Å². The Hall–Kier alpha value is -1.01. The largest absolute Gasteiger partial charge is 0.352 e.